The van der Waals surface area contributed by atoms with Gasteiger partial charge in [-0.1, -0.05) is 41.5 Å². The molecule has 0 amide bonds. The van der Waals surface area contributed by atoms with Crippen LogP contribution in [0.3, 0.4) is 0 Å². The van der Waals surface area contributed by atoms with Gasteiger partial charge in [0.05, 0.1) is 5.92 Å². The molecule has 0 aromatic carbocycles. The van der Waals surface area contributed by atoms with Gasteiger partial charge in [0.25, 0.3) is 0 Å². The SMILES string of the molecule is CCC(C)C(=O)OC(C)(CC(C)C)CC(C)C. The van der Waals surface area contributed by atoms with Crippen LogP contribution < -0.4 is 0 Å². The first-order valence-corrected chi connectivity index (χ1v) is 6.93. The molecule has 1 atom stereocenters. The van der Waals surface area contributed by atoms with E-state index in [1.807, 2.05) is 13.8 Å². The van der Waals surface area contributed by atoms with E-state index < -0.39 is 0 Å². The van der Waals surface area contributed by atoms with Crippen LogP contribution in [-0.2, 0) is 9.53 Å². The Balaban J connectivity index is 4.63. The molecule has 0 N–H and O–H groups in total. The Labute approximate surface area is 107 Å². The van der Waals surface area contributed by atoms with Crippen molar-refractivity contribution in [2.45, 2.75) is 73.3 Å². The van der Waals surface area contributed by atoms with Crippen LogP contribution in [0.2, 0.25) is 0 Å². The lowest BCUT2D eigenvalue weighted by molar-refractivity contribution is -0.166. The lowest BCUT2D eigenvalue weighted by Gasteiger charge is -2.33. The highest BCUT2D eigenvalue weighted by molar-refractivity contribution is 5.72. The van der Waals surface area contributed by atoms with E-state index in [1.165, 1.54) is 0 Å². The van der Waals surface area contributed by atoms with Crippen molar-refractivity contribution in [1.29, 1.82) is 0 Å². The van der Waals surface area contributed by atoms with Crippen LogP contribution in [0.15, 0.2) is 0 Å². The Hall–Kier alpha value is -0.530. The fourth-order valence-electron chi connectivity index (χ4n) is 2.40. The topological polar surface area (TPSA) is 26.3 Å². The third-order valence-corrected chi connectivity index (χ3v) is 3.04. The zero-order valence-electron chi connectivity index (χ0n) is 12.7. The number of carbonyl (C=O) groups excluding carboxylic acids is 1. The van der Waals surface area contributed by atoms with Crippen LogP contribution in [-0.4, -0.2) is 11.6 Å². The molecule has 0 aromatic rings. The molecular formula is C15H30O2. The average molecular weight is 242 g/mol. The van der Waals surface area contributed by atoms with Gasteiger partial charge in [0.2, 0.25) is 0 Å². The summed E-state index contributed by atoms with van der Waals surface area (Å²) in [6, 6.07) is 0. The average Bonchev–Trinajstić information content (AvgIpc) is 2.12. The maximum absolute atomic E-state index is 11.9. The molecule has 0 fully saturated rings. The molecule has 0 aliphatic heterocycles. The van der Waals surface area contributed by atoms with Gasteiger partial charge in [-0.25, -0.2) is 0 Å². The second kappa shape index (κ2) is 7.03. The second-order valence-corrected chi connectivity index (χ2v) is 6.38. The molecule has 1 unspecified atom stereocenters. The minimum atomic E-state index is -0.303. The highest BCUT2D eigenvalue weighted by Gasteiger charge is 2.31. The molecule has 0 bridgehead atoms. The number of hydrogen-bond donors (Lipinski definition) is 0. The Morgan fingerprint density at radius 2 is 1.47 bits per heavy atom. The summed E-state index contributed by atoms with van der Waals surface area (Å²) in [6.07, 6.45) is 2.72. The van der Waals surface area contributed by atoms with Gasteiger partial charge in [-0.3, -0.25) is 4.79 Å². The van der Waals surface area contributed by atoms with Crippen LogP contribution in [0.1, 0.15) is 67.7 Å². The zero-order valence-corrected chi connectivity index (χ0v) is 12.7. The largest absolute Gasteiger partial charge is 0.459 e. The van der Waals surface area contributed by atoms with Crippen molar-refractivity contribution < 1.29 is 9.53 Å². The summed E-state index contributed by atoms with van der Waals surface area (Å²) in [5, 5.41) is 0. The Kier molecular flexibility index (Phi) is 6.81. The van der Waals surface area contributed by atoms with Crippen molar-refractivity contribution in [2.24, 2.45) is 17.8 Å². The molecule has 0 aliphatic rings. The van der Waals surface area contributed by atoms with Crippen LogP contribution in [0, 0.1) is 17.8 Å². The van der Waals surface area contributed by atoms with E-state index in [4.69, 9.17) is 4.74 Å². The summed E-state index contributed by atoms with van der Waals surface area (Å²) in [5.74, 6) is 1.05. The molecular weight excluding hydrogens is 212 g/mol. The summed E-state index contributed by atoms with van der Waals surface area (Å²) >= 11 is 0. The van der Waals surface area contributed by atoms with Gasteiger partial charge >= 0.3 is 5.97 Å². The first-order chi connectivity index (χ1) is 7.70. The normalized spacial score (nSPS) is 14.2. The number of esters is 1. The quantitative estimate of drug-likeness (QED) is 0.617. The van der Waals surface area contributed by atoms with E-state index in [1.54, 1.807) is 0 Å². The lowest BCUT2D eigenvalue weighted by Crippen LogP contribution is -2.36. The van der Waals surface area contributed by atoms with Crippen LogP contribution in [0.4, 0.5) is 0 Å². The predicted octanol–water partition coefficient (Wildman–Crippen LogP) is 4.43. The molecule has 0 aliphatic carbocycles. The smallest absolute Gasteiger partial charge is 0.309 e. The summed E-state index contributed by atoms with van der Waals surface area (Å²) in [6.45, 7) is 14.7. The van der Waals surface area contributed by atoms with Gasteiger partial charge < -0.3 is 4.74 Å². The summed E-state index contributed by atoms with van der Waals surface area (Å²) in [7, 11) is 0. The minimum Gasteiger partial charge on any atom is -0.459 e. The van der Waals surface area contributed by atoms with E-state index in [2.05, 4.69) is 34.6 Å². The van der Waals surface area contributed by atoms with Crippen molar-refractivity contribution in [1.82, 2.24) is 0 Å². The Morgan fingerprint density at radius 3 is 1.76 bits per heavy atom. The van der Waals surface area contributed by atoms with Crippen LogP contribution >= 0.6 is 0 Å². The highest BCUT2D eigenvalue weighted by Crippen LogP contribution is 2.29. The first kappa shape index (κ1) is 16.5. The summed E-state index contributed by atoms with van der Waals surface area (Å²) in [4.78, 5) is 11.9. The molecule has 102 valence electrons. The van der Waals surface area contributed by atoms with Crippen molar-refractivity contribution in [3.8, 4) is 0 Å². The summed E-state index contributed by atoms with van der Waals surface area (Å²) < 4.78 is 5.77. The minimum absolute atomic E-state index is 0.00801. The molecule has 0 saturated carbocycles. The van der Waals surface area contributed by atoms with Gasteiger partial charge in [0.15, 0.2) is 0 Å². The van der Waals surface area contributed by atoms with Gasteiger partial charge in [-0.2, -0.15) is 0 Å². The highest BCUT2D eigenvalue weighted by atomic mass is 16.6. The van der Waals surface area contributed by atoms with Crippen LogP contribution in [0.25, 0.3) is 0 Å². The van der Waals surface area contributed by atoms with E-state index in [0.717, 1.165) is 19.3 Å². The van der Waals surface area contributed by atoms with Crippen molar-refractivity contribution in [3.63, 3.8) is 0 Å². The molecule has 0 heterocycles. The third-order valence-electron chi connectivity index (χ3n) is 3.04. The van der Waals surface area contributed by atoms with Gasteiger partial charge in [-0.05, 0) is 38.0 Å². The van der Waals surface area contributed by atoms with E-state index >= 15 is 0 Å². The molecule has 0 spiro atoms. The van der Waals surface area contributed by atoms with E-state index in [-0.39, 0.29) is 17.5 Å². The third kappa shape index (κ3) is 6.70. The van der Waals surface area contributed by atoms with Crippen molar-refractivity contribution in [2.75, 3.05) is 0 Å². The molecule has 2 nitrogen and oxygen atoms in total. The molecule has 17 heavy (non-hydrogen) atoms. The number of rotatable bonds is 7. The summed E-state index contributed by atoms with van der Waals surface area (Å²) in [5.41, 5.74) is -0.303. The monoisotopic (exact) mass is 242 g/mol. The molecule has 0 rings (SSSR count). The number of hydrogen-bond acceptors (Lipinski definition) is 2. The van der Waals surface area contributed by atoms with E-state index in [9.17, 15) is 4.79 Å². The van der Waals surface area contributed by atoms with Gasteiger partial charge in [-0.15, -0.1) is 0 Å². The molecule has 0 radical (unpaired) electrons. The second-order valence-electron chi connectivity index (χ2n) is 6.38. The Morgan fingerprint density at radius 1 is 1.06 bits per heavy atom. The maximum atomic E-state index is 11.9. The fourth-order valence-corrected chi connectivity index (χ4v) is 2.40. The van der Waals surface area contributed by atoms with Crippen LogP contribution in [0.5, 0.6) is 0 Å². The zero-order chi connectivity index (χ0) is 13.6. The molecule has 0 aromatic heterocycles. The van der Waals surface area contributed by atoms with Crippen molar-refractivity contribution in [3.05, 3.63) is 0 Å². The predicted molar refractivity (Wildman–Crippen MR) is 72.9 cm³/mol. The standard InChI is InChI=1S/C15H30O2/c1-8-13(6)14(16)17-15(7,9-11(2)3)10-12(4)5/h11-13H,8-10H2,1-7H3. The van der Waals surface area contributed by atoms with E-state index in [0.29, 0.717) is 11.8 Å². The first-order valence-electron chi connectivity index (χ1n) is 6.93. The molecule has 2 heteroatoms. The Bertz CT molecular complexity index is 221. The number of ether oxygens (including phenoxy) is 1. The van der Waals surface area contributed by atoms with Crippen molar-refractivity contribution >= 4 is 5.97 Å². The van der Waals surface area contributed by atoms with Gasteiger partial charge in [0, 0.05) is 0 Å². The van der Waals surface area contributed by atoms with Gasteiger partial charge in [0.1, 0.15) is 5.60 Å². The fraction of sp³-hybridized carbons (Fsp3) is 0.933. The number of carbonyl (C=O) groups is 1. The maximum Gasteiger partial charge on any atom is 0.309 e. The molecule has 0 saturated heterocycles. The lowest BCUT2D eigenvalue weighted by atomic mass is 9.86.